The van der Waals surface area contributed by atoms with E-state index in [9.17, 15) is 4.79 Å². The fourth-order valence-electron chi connectivity index (χ4n) is 2.44. The Labute approximate surface area is 125 Å². The van der Waals surface area contributed by atoms with Crippen molar-refractivity contribution in [3.63, 3.8) is 0 Å². The smallest absolute Gasteiger partial charge is 0.225 e. The van der Waals surface area contributed by atoms with Crippen LogP contribution in [0.3, 0.4) is 0 Å². The van der Waals surface area contributed by atoms with E-state index in [2.05, 4.69) is 37.6 Å². The third-order valence-electron chi connectivity index (χ3n) is 3.42. The molecule has 4 nitrogen and oxygen atoms in total. The lowest BCUT2D eigenvalue weighted by Gasteiger charge is -2.11. The van der Waals surface area contributed by atoms with Crippen molar-refractivity contribution >= 4 is 33.2 Å². The number of benzene rings is 1. The number of carbonyl (C=O) groups excluding carboxylic acids is 1. The summed E-state index contributed by atoms with van der Waals surface area (Å²) in [6, 6.07) is 9.92. The Kier molecular flexibility index (Phi) is 3.69. The highest BCUT2D eigenvalue weighted by Gasteiger charge is 2.24. The van der Waals surface area contributed by atoms with Gasteiger partial charge < -0.3 is 10.6 Å². The Bertz CT molecular complexity index is 645. The molecule has 0 fully saturated rings. The zero-order valence-corrected chi connectivity index (χ0v) is 12.4. The van der Waals surface area contributed by atoms with Crippen LogP contribution in [0.15, 0.2) is 47.2 Å². The standard InChI is InChI=1S/C15H14BrN3O/c16-12-9-17-6-5-14(12)19-15(20)7-10-8-18-13-4-2-1-3-11(10)13/h1-6,9-10,18H,7-8H2,(H,17,19,20). The summed E-state index contributed by atoms with van der Waals surface area (Å²) >= 11 is 3.37. The number of halogens is 1. The topological polar surface area (TPSA) is 54.0 Å². The predicted molar refractivity (Wildman–Crippen MR) is 82.9 cm³/mol. The molecule has 0 bridgehead atoms. The number of hydrogen-bond acceptors (Lipinski definition) is 3. The summed E-state index contributed by atoms with van der Waals surface area (Å²) in [5, 5.41) is 6.25. The Balaban J connectivity index is 1.68. The van der Waals surface area contributed by atoms with E-state index in [1.54, 1.807) is 18.5 Å². The van der Waals surface area contributed by atoms with Gasteiger partial charge in [-0.1, -0.05) is 18.2 Å². The second-order valence-corrected chi connectivity index (χ2v) is 5.63. The number of para-hydroxylation sites is 1. The van der Waals surface area contributed by atoms with Gasteiger partial charge in [0, 0.05) is 37.0 Å². The van der Waals surface area contributed by atoms with Crippen molar-refractivity contribution in [3.05, 3.63) is 52.8 Å². The number of nitrogens with zero attached hydrogens (tertiary/aromatic N) is 1. The maximum absolute atomic E-state index is 12.2. The molecule has 102 valence electrons. The highest BCUT2D eigenvalue weighted by atomic mass is 79.9. The molecule has 0 spiro atoms. The molecule has 2 N–H and O–H groups in total. The number of fused-ring (bicyclic) bond motifs is 1. The lowest BCUT2D eigenvalue weighted by Crippen LogP contribution is -2.17. The first-order valence-corrected chi connectivity index (χ1v) is 7.25. The molecule has 0 saturated carbocycles. The molecule has 1 aliphatic heterocycles. The predicted octanol–water partition coefficient (Wildman–Crippen LogP) is 3.38. The summed E-state index contributed by atoms with van der Waals surface area (Å²) < 4.78 is 0.790. The van der Waals surface area contributed by atoms with Crippen molar-refractivity contribution in [2.24, 2.45) is 0 Å². The molecular formula is C15H14BrN3O. The summed E-state index contributed by atoms with van der Waals surface area (Å²) in [5.41, 5.74) is 3.11. The molecule has 1 aromatic heterocycles. The third-order valence-corrected chi connectivity index (χ3v) is 4.05. The molecule has 2 heterocycles. The Morgan fingerprint density at radius 1 is 1.40 bits per heavy atom. The summed E-state index contributed by atoms with van der Waals surface area (Å²) in [7, 11) is 0. The first-order valence-electron chi connectivity index (χ1n) is 6.46. The van der Waals surface area contributed by atoms with Crippen molar-refractivity contribution in [3.8, 4) is 0 Å². The van der Waals surface area contributed by atoms with E-state index in [-0.39, 0.29) is 11.8 Å². The minimum atomic E-state index is 0.0143. The number of pyridine rings is 1. The fraction of sp³-hybridized carbons (Fsp3) is 0.200. The second kappa shape index (κ2) is 5.63. The van der Waals surface area contributed by atoms with Crippen molar-refractivity contribution < 1.29 is 4.79 Å². The molecule has 1 aliphatic rings. The van der Waals surface area contributed by atoms with Crippen molar-refractivity contribution in [2.75, 3.05) is 17.2 Å². The van der Waals surface area contributed by atoms with Gasteiger partial charge in [-0.3, -0.25) is 9.78 Å². The SMILES string of the molecule is O=C(CC1CNc2ccccc21)Nc1ccncc1Br. The molecule has 1 aromatic carbocycles. The first-order chi connectivity index (χ1) is 9.74. The third kappa shape index (κ3) is 2.67. The lowest BCUT2D eigenvalue weighted by atomic mass is 9.97. The van der Waals surface area contributed by atoms with Crippen LogP contribution in [0.5, 0.6) is 0 Å². The monoisotopic (exact) mass is 331 g/mol. The van der Waals surface area contributed by atoms with E-state index in [4.69, 9.17) is 0 Å². The molecule has 0 saturated heterocycles. The van der Waals surface area contributed by atoms with Crippen molar-refractivity contribution in [1.82, 2.24) is 4.98 Å². The van der Waals surface area contributed by atoms with Gasteiger partial charge in [0.15, 0.2) is 0 Å². The average molecular weight is 332 g/mol. The summed E-state index contributed by atoms with van der Waals surface area (Å²) in [5.74, 6) is 0.243. The van der Waals surface area contributed by atoms with Gasteiger partial charge in [-0.15, -0.1) is 0 Å². The highest BCUT2D eigenvalue weighted by molar-refractivity contribution is 9.10. The van der Waals surface area contributed by atoms with Crippen LogP contribution in [0.2, 0.25) is 0 Å². The fourth-order valence-corrected chi connectivity index (χ4v) is 2.79. The largest absolute Gasteiger partial charge is 0.384 e. The zero-order valence-electron chi connectivity index (χ0n) is 10.8. The quantitative estimate of drug-likeness (QED) is 0.906. The van der Waals surface area contributed by atoms with Gasteiger partial charge in [-0.25, -0.2) is 0 Å². The number of anilines is 2. The summed E-state index contributed by atoms with van der Waals surface area (Å²) in [6.07, 6.45) is 3.80. The Hall–Kier alpha value is -1.88. The van der Waals surface area contributed by atoms with Crippen LogP contribution in [0.25, 0.3) is 0 Å². The molecule has 1 unspecified atom stereocenters. The molecule has 1 atom stereocenters. The lowest BCUT2D eigenvalue weighted by molar-refractivity contribution is -0.116. The van der Waals surface area contributed by atoms with Crippen LogP contribution in [0.4, 0.5) is 11.4 Å². The normalized spacial score (nSPS) is 16.4. The Morgan fingerprint density at radius 3 is 3.10 bits per heavy atom. The van der Waals surface area contributed by atoms with Crippen molar-refractivity contribution in [1.29, 1.82) is 0 Å². The van der Waals surface area contributed by atoms with Gasteiger partial charge in [0.25, 0.3) is 0 Å². The maximum atomic E-state index is 12.2. The van der Waals surface area contributed by atoms with Gasteiger partial charge in [-0.05, 0) is 33.6 Å². The zero-order chi connectivity index (χ0) is 13.9. The molecule has 20 heavy (non-hydrogen) atoms. The van der Waals surface area contributed by atoms with E-state index in [1.165, 1.54) is 5.56 Å². The van der Waals surface area contributed by atoms with Crippen LogP contribution < -0.4 is 10.6 Å². The maximum Gasteiger partial charge on any atom is 0.225 e. The van der Waals surface area contributed by atoms with Gasteiger partial charge in [0.2, 0.25) is 5.91 Å². The minimum absolute atomic E-state index is 0.0143. The van der Waals surface area contributed by atoms with Crippen LogP contribution in [-0.2, 0) is 4.79 Å². The highest BCUT2D eigenvalue weighted by Crippen LogP contribution is 2.33. The van der Waals surface area contributed by atoms with E-state index in [1.807, 2.05) is 18.2 Å². The molecule has 1 amide bonds. The molecule has 0 aliphatic carbocycles. The van der Waals surface area contributed by atoms with Crippen LogP contribution in [-0.4, -0.2) is 17.4 Å². The van der Waals surface area contributed by atoms with Gasteiger partial charge in [-0.2, -0.15) is 0 Å². The number of rotatable bonds is 3. The van der Waals surface area contributed by atoms with E-state index < -0.39 is 0 Å². The van der Waals surface area contributed by atoms with E-state index in [0.29, 0.717) is 6.42 Å². The molecule has 2 aromatic rings. The van der Waals surface area contributed by atoms with E-state index >= 15 is 0 Å². The molecule has 0 radical (unpaired) electrons. The Morgan fingerprint density at radius 2 is 2.25 bits per heavy atom. The summed E-state index contributed by atoms with van der Waals surface area (Å²) in [4.78, 5) is 16.1. The number of amides is 1. The molecule has 5 heteroatoms. The molecule has 3 rings (SSSR count). The van der Waals surface area contributed by atoms with Crippen molar-refractivity contribution in [2.45, 2.75) is 12.3 Å². The number of nitrogens with one attached hydrogen (secondary N) is 2. The van der Waals surface area contributed by atoms with E-state index in [0.717, 1.165) is 22.4 Å². The van der Waals surface area contributed by atoms with Gasteiger partial charge in [0.1, 0.15) is 0 Å². The second-order valence-electron chi connectivity index (χ2n) is 4.77. The van der Waals surface area contributed by atoms with Gasteiger partial charge >= 0.3 is 0 Å². The number of aromatic nitrogens is 1. The minimum Gasteiger partial charge on any atom is -0.384 e. The first kappa shape index (κ1) is 13.1. The average Bonchev–Trinajstić information content (AvgIpc) is 2.85. The number of hydrogen-bond donors (Lipinski definition) is 2. The summed E-state index contributed by atoms with van der Waals surface area (Å²) in [6.45, 7) is 0.810. The van der Waals surface area contributed by atoms with Crippen LogP contribution in [0.1, 0.15) is 17.9 Å². The van der Waals surface area contributed by atoms with Crippen LogP contribution in [0, 0.1) is 0 Å². The van der Waals surface area contributed by atoms with Gasteiger partial charge in [0.05, 0.1) is 10.2 Å². The van der Waals surface area contributed by atoms with Crippen LogP contribution >= 0.6 is 15.9 Å². The number of carbonyl (C=O) groups is 1. The molecular weight excluding hydrogens is 318 g/mol.